The first-order chi connectivity index (χ1) is 13.5. The van der Waals surface area contributed by atoms with Crippen LogP contribution in [0.2, 0.25) is 0 Å². The number of benzene rings is 2. The highest BCUT2D eigenvalue weighted by Gasteiger charge is 2.14. The van der Waals surface area contributed by atoms with Gasteiger partial charge in [-0.15, -0.1) is 10.2 Å². The van der Waals surface area contributed by atoms with Crippen molar-refractivity contribution in [1.29, 1.82) is 0 Å². The Balaban J connectivity index is 1.61. The largest absolute Gasteiger partial charge is 0.484 e. The fourth-order valence-electron chi connectivity index (χ4n) is 3.01. The molecular weight excluding hydrogens is 360 g/mol. The number of para-hydroxylation sites is 1. The summed E-state index contributed by atoms with van der Waals surface area (Å²) in [6.45, 7) is 0.245. The molecule has 9 heteroatoms. The summed E-state index contributed by atoms with van der Waals surface area (Å²) in [6, 6.07) is 14.5. The van der Waals surface area contributed by atoms with E-state index >= 15 is 0 Å². The van der Waals surface area contributed by atoms with E-state index in [1.165, 1.54) is 4.57 Å². The standard InChI is InChI=1S/C19H18N6O3/c1-24-18(27)14-4-2-3-5-15(14)25-17(22-23-19(24)25)10-21-12-6-8-13(9-7-12)28-11-16(20)26/h2-9,21H,10-11H2,1H3,(H2,20,26). The van der Waals surface area contributed by atoms with Gasteiger partial charge in [0, 0.05) is 12.7 Å². The first-order valence-corrected chi connectivity index (χ1v) is 8.61. The molecule has 0 bridgehead atoms. The summed E-state index contributed by atoms with van der Waals surface area (Å²) in [4.78, 5) is 23.3. The molecule has 142 valence electrons. The lowest BCUT2D eigenvalue weighted by Gasteiger charge is -2.10. The van der Waals surface area contributed by atoms with E-state index in [1.807, 2.05) is 34.7 Å². The monoisotopic (exact) mass is 378 g/mol. The number of carbonyl (C=O) groups excluding carboxylic acids is 1. The first kappa shape index (κ1) is 17.5. The number of ether oxygens (including phenoxy) is 1. The van der Waals surface area contributed by atoms with Crippen molar-refractivity contribution in [2.45, 2.75) is 6.54 Å². The molecule has 0 unspecified atom stereocenters. The van der Waals surface area contributed by atoms with Gasteiger partial charge in [0.2, 0.25) is 5.78 Å². The van der Waals surface area contributed by atoms with Crippen LogP contribution in [-0.2, 0) is 18.4 Å². The van der Waals surface area contributed by atoms with Gasteiger partial charge in [-0.25, -0.2) is 0 Å². The predicted octanol–water partition coefficient (Wildman–Crippen LogP) is 1.06. The average Bonchev–Trinajstić information content (AvgIpc) is 3.14. The highest BCUT2D eigenvalue weighted by atomic mass is 16.5. The van der Waals surface area contributed by atoms with Crippen molar-refractivity contribution in [3.05, 3.63) is 64.7 Å². The Kier molecular flexibility index (Phi) is 4.40. The van der Waals surface area contributed by atoms with E-state index in [1.54, 1.807) is 25.2 Å². The minimum absolute atomic E-state index is 0.110. The number of hydrogen-bond acceptors (Lipinski definition) is 6. The van der Waals surface area contributed by atoms with Gasteiger partial charge in [-0.1, -0.05) is 12.1 Å². The lowest BCUT2D eigenvalue weighted by atomic mass is 10.2. The van der Waals surface area contributed by atoms with Gasteiger partial charge in [0.25, 0.3) is 11.5 Å². The summed E-state index contributed by atoms with van der Waals surface area (Å²) in [5.41, 5.74) is 6.56. The van der Waals surface area contributed by atoms with E-state index in [0.29, 0.717) is 29.3 Å². The molecule has 0 atom stereocenters. The zero-order chi connectivity index (χ0) is 19.7. The van der Waals surface area contributed by atoms with Crippen LogP contribution in [0.1, 0.15) is 5.82 Å². The van der Waals surface area contributed by atoms with Crippen LogP contribution in [0.25, 0.3) is 16.7 Å². The summed E-state index contributed by atoms with van der Waals surface area (Å²) in [5, 5.41) is 12.3. The van der Waals surface area contributed by atoms with E-state index in [2.05, 4.69) is 15.5 Å². The smallest absolute Gasteiger partial charge is 0.262 e. The lowest BCUT2D eigenvalue weighted by Crippen LogP contribution is -2.20. The fraction of sp³-hybridized carbons (Fsp3) is 0.158. The number of nitrogens with zero attached hydrogens (tertiary/aromatic N) is 4. The minimum atomic E-state index is -0.525. The number of nitrogens with two attached hydrogens (primary N) is 1. The molecule has 0 radical (unpaired) electrons. The Hall–Kier alpha value is -3.88. The molecule has 0 aliphatic rings. The third kappa shape index (κ3) is 3.13. The Bertz CT molecular complexity index is 1230. The molecule has 4 aromatic rings. The van der Waals surface area contributed by atoms with E-state index in [0.717, 1.165) is 11.2 Å². The molecule has 1 amide bonds. The van der Waals surface area contributed by atoms with Crippen LogP contribution in [0.15, 0.2) is 53.3 Å². The lowest BCUT2D eigenvalue weighted by molar-refractivity contribution is -0.119. The molecule has 28 heavy (non-hydrogen) atoms. The quantitative estimate of drug-likeness (QED) is 0.518. The van der Waals surface area contributed by atoms with E-state index in [4.69, 9.17) is 10.5 Å². The van der Waals surface area contributed by atoms with Crippen LogP contribution in [-0.4, -0.2) is 31.7 Å². The van der Waals surface area contributed by atoms with Crippen LogP contribution >= 0.6 is 0 Å². The highest BCUT2D eigenvalue weighted by Crippen LogP contribution is 2.18. The van der Waals surface area contributed by atoms with Crippen molar-refractivity contribution in [2.75, 3.05) is 11.9 Å². The van der Waals surface area contributed by atoms with Gasteiger partial charge in [0.15, 0.2) is 12.4 Å². The molecule has 0 fully saturated rings. The van der Waals surface area contributed by atoms with E-state index in [9.17, 15) is 9.59 Å². The number of primary amides is 1. The number of nitrogens with one attached hydrogen (secondary N) is 1. The van der Waals surface area contributed by atoms with Crippen molar-refractivity contribution in [3.63, 3.8) is 0 Å². The number of aromatic nitrogens is 4. The summed E-state index contributed by atoms with van der Waals surface area (Å²) < 4.78 is 8.60. The van der Waals surface area contributed by atoms with Gasteiger partial charge in [0.05, 0.1) is 17.4 Å². The molecule has 2 heterocycles. The third-order valence-corrected chi connectivity index (χ3v) is 4.38. The van der Waals surface area contributed by atoms with Gasteiger partial charge >= 0.3 is 0 Å². The zero-order valence-corrected chi connectivity index (χ0v) is 15.1. The van der Waals surface area contributed by atoms with Gasteiger partial charge in [0.1, 0.15) is 5.75 Å². The Morgan fingerprint density at radius 2 is 1.89 bits per heavy atom. The number of anilines is 1. The topological polar surface area (TPSA) is 117 Å². The summed E-state index contributed by atoms with van der Waals surface area (Å²) in [6.07, 6.45) is 0. The molecule has 3 N–H and O–H groups in total. The van der Waals surface area contributed by atoms with Crippen molar-refractivity contribution in [2.24, 2.45) is 12.8 Å². The number of amides is 1. The van der Waals surface area contributed by atoms with Gasteiger partial charge in [-0.2, -0.15) is 0 Å². The molecule has 9 nitrogen and oxygen atoms in total. The zero-order valence-electron chi connectivity index (χ0n) is 15.1. The van der Waals surface area contributed by atoms with Crippen LogP contribution in [0.5, 0.6) is 5.75 Å². The maximum absolute atomic E-state index is 12.5. The van der Waals surface area contributed by atoms with E-state index < -0.39 is 5.91 Å². The highest BCUT2D eigenvalue weighted by molar-refractivity contribution is 5.80. The number of carbonyl (C=O) groups is 1. The van der Waals surface area contributed by atoms with Crippen LogP contribution in [0, 0.1) is 0 Å². The van der Waals surface area contributed by atoms with E-state index in [-0.39, 0.29) is 12.2 Å². The van der Waals surface area contributed by atoms with Crippen molar-refractivity contribution in [1.82, 2.24) is 19.2 Å². The SMILES string of the molecule is Cn1c(=O)c2ccccc2n2c(CNc3ccc(OCC(N)=O)cc3)nnc12. The third-order valence-electron chi connectivity index (χ3n) is 4.38. The predicted molar refractivity (Wildman–Crippen MR) is 104 cm³/mol. The van der Waals surface area contributed by atoms with Gasteiger partial charge in [-0.05, 0) is 36.4 Å². The van der Waals surface area contributed by atoms with Crippen LogP contribution in [0.4, 0.5) is 5.69 Å². The number of rotatable bonds is 6. The Morgan fingerprint density at radius 1 is 1.14 bits per heavy atom. The number of hydrogen-bond donors (Lipinski definition) is 2. The molecule has 0 saturated heterocycles. The summed E-state index contributed by atoms with van der Waals surface area (Å²) in [5.74, 6) is 1.19. The van der Waals surface area contributed by atoms with Gasteiger partial charge in [-0.3, -0.25) is 18.6 Å². The average molecular weight is 378 g/mol. The molecule has 2 aromatic heterocycles. The van der Waals surface area contributed by atoms with Crippen molar-refractivity contribution < 1.29 is 9.53 Å². The molecular formula is C19H18N6O3. The van der Waals surface area contributed by atoms with Crippen LogP contribution < -0.4 is 21.3 Å². The number of aryl methyl sites for hydroxylation is 1. The second-order valence-electron chi connectivity index (χ2n) is 6.27. The molecule has 0 saturated carbocycles. The normalized spacial score (nSPS) is 11.0. The molecule has 0 aliphatic carbocycles. The molecule has 0 spiro atoms. The minimum Gasteiger partial charge on any atom is -0.484 e. The second kappa shape index (κ2) is 7.03. The fourth-order valence-corrected chi connectivity index (χ4v) is 3.01. The number of fused-ring (bicyclic) bond motifs is 3. The maximum Gasteiger partial charge on any atom is 0.262 e. The van der Waals surface area contributed by atoms with Crippen molar-refractivity contribution in [3.8, 4) is 5.75 Å². The first-order valence-electron chi connectivity index (χ1n) is 8.61. The van der Waals surface area contributed by atoms with Gasteiger partial charge < -0.3 is 15.8 Å². The second-order valence-corrected chi connectivity index (χ2v) is 6.27. The Labute approximate surface area is 159 Å². The van der Waals surface area contributed by atoms with Crippen LogP contribution in [0.3, 0.4) is 0 Å². The van der Waals surface area contributed by atoms with Crippen molar-refractivity contribution >= 4 is 28.3 Å². The molecule has 4 rings (SSSR count). The maximum atomic E-state index is 12.5. The molecule has 0 aliphatic heterocycles. The summed E-state index contributed by atoms with van der Waals surface area (Å²) >= 11 is 0. The molecule has 2 aromatic carbocycles. The Morgan fingerprint density at radius 3 is 2.64 bits per heavy atom. The summed E-state index contributed by atoms with van der Waals surface area (Å²) in [7, 11) is 1.68.